The first-order valence-electron chi connectivity index (χ1n) is 6.96. The lowest BCUT2D eigenvalue weighted by molar-refractivity contribution is -0.148. The molecule has 3 rings (SSSR count). The molecule has 3 atom stereocenters. The van der Waals surface area contributed by atoms with E-state index in [1.165, 1.54) is 16.7 Å². The summed E-state index contributed by atoms with van der Waals surface area (Å²) >= 11 is 8.11. The maximum atomic E-state index is 12.4. The molecule has 24 heavy (non-hydrogen) atoms. The van der Waals surface area contributed by atoms with Crippen LogP contribution in [-0.4, -0.2) is 48.7 Å². The maximum Gasteiger partial charge on any atom is 0.352 e. The number of carboxylic acid groups (broad SMARTS) is 1. The summed E-state index contributed by atoms with van der Waals surface area (Å²) in [5, 5.41) is 12.1. The lowest BCUT2D eigenvalue weighted by Crippen LogP contribution is -2.71. The van der Waals surface area contributed by atoms with E-state index >= 15 is 0 Å². The van der Waals surface area contributed by atoms with Gasteiger partial charge in [-0.3, -0.25) is 14.5 Å². The van der Waals surface area contributed by atoms with Crippen molar-refractivity contribution in [2.75, 3.05) is 5.33 Å². The summed E-state index contributed by atoms with van der Waals surface area (Å²) in [6, 6.07) is 7.84. The van der Waals surface area contributed by atoms with Gasteiger partial charge in [0.2, 0.25) is 0 Å². The number of thioether (sulfide) groups is 1. The molecule has 2 heterocycles. The van der Waals surface area contributed by atoms with Gasteiger partial charge in [0.25, 0.3) is 11.8 Å². The summed E-state index contributed by atoms with van der Waals surface area (Å²) in [6.07, 6.45) is 0. The molecule has 0 radical (unpaired) electrons. The SMILES string of the molecule is O=C(O)C1=C(CBr)C(Br)S[C@H]2C(NC(=O)c3ccccc3)C(=O)N12. The van der Waals surface area contributed by atoms with Crippen molar-refractivity contribution in [3.63, 3.8) is 0 Å². The highest BCUT2D eigenvalue weighted by Gasteiger charge is 2.55. The van der Waals surface area contributed by atoms with Crippen LogP contribution >= 0.6 is 43.6 Å². The van der Waals surface area contributed by atoms with Crippen molar-refractivity contribution in [2.24, 2.45) is 0 Å². The average molecular weight is 476 g/mol. The number of nitrogens with zero attached hydrogens (tertiary/aromatic N) is 1. The minimum atomic E-state index is -1.15. The van der Waals surface area contributed by atoms with E-state index in [1.807, 2.05) is 0 Å². The molecule has 2 N–H and O–H groups in total. The minimum Gasteiger partial charge on any atom is -0.477 e. The van der Waals surface area contributed by atoms with Crippen LogP contribution in [0.1, 0.15) is 10.4 Å². The number of fused-ring (bicyclic) bond motifs is 1. The molecular formula is C15H12Br2N2O4S. The Morgan fingerprint density at radius 1 is 1.29 bits per heavy atom. The van der Waals surface area contributed by atoms with Crippen LogP contribution in [0.2, 0.25) is 0 Å². The second-order valence-electron chi connectivity index (χ2n) is 5.18. The molecule has 2 unspecified atom stereocenters. The van der Waals surface area contributed by atoms with Crippen molar-refractivity contribution < 1.29 is 19.5 Å². The molecule has 1 fully saturated rings. The molecule has 6 nitrogen and oxygen atoms in total. The average Bonchev–Trinajstić information content (AvgIpc) is 2.59. The van der Waals surface area contributed by atoms with E-state index in [-0.39, 0.29) is 15.8 Å². The van der Waals surface area contributed by atoms with Crippen molar-refractivity contribution in [1.29, 1.82) is 0 Å². The van der Waals surface area contributed by atoms with Crippen molar-refractivity contribution in [3.8, 4) is 0 Å². The molecule has 1 aromatic carbocycles. The van der Waals surface area contributed by atoms with E-state index < -0.39 is 23.3 Å². The topological polar surface area (TPSA) is 86.7 Å². The number of benzene rings is 1. The molecule has 0 saturated carbocycles. The fraction of sp³-hybridized carbons (Fsp3) is 0.267. The molecule has 2 aliphatic heterocycles. The number of aliphatic carboxylic acids is 1. The first-order valence-corrected chi connectivity index (χ1v) is 9.94. The molecule has 0 bridgehead atoms. The van der Waals surface area contributed by atoms with Gasteiger partial charge in [0.05, 0.1) is 4.16 Å². The Kier molecular flexibility index (Phi) is 5.03. The maximum absolute atomic E-state index is 12.4. The number of carbonyl (C=O) groups is 3. The number of hydrogen-bond acceptors (Lipinski definition) is 4. The number of amides is 2. The number of rotatable bonds is 4. The van der Waals surface area contributed by atoms with Gasteiger partial charge in [-0.15, -0.1) is 11.8 Å². The molecule has 1 saturated heterocycles. The Hall–Kier alpha value is -1.32. The van der Waals surface area contributed by atoms with Gasteiger partial charge in [-0.25, -0.2) is 4.79 Å². The monoisotopic (exact) mass is 474 g/mol. The molecule has 0 spiro atoms. The van der Waals surface area contributed by atoms with Gasteiger partial charge in [0, 0.05) is 10.9 Å². The van der Waals surface area contributed by atoms with Crippen molar-refractivity contribution in [3.05, 3.63) is 47.2 Å². The fourth-order valence-electron chi connectivity index (χ4n) is 2.62. The summed E-state index contributed by atoms with van der Waals surface area (Å²) in [6.45, 7) is 0. The summed E-state index contributed by atoms with van der Waals surface area (Å²) in [5.74, 6) is -1.92. The molecule has 2 amide bonds. The van der Waals surface area contributed by atoms with Crippen molar-refractivity contribution in [1.82, 2.24) is 10.2 Å². The number of carbonyl (C=O) groups excluding carboxylic acids is 2. The van der Waals surface area contributed by atoms with Gasteiger partial charge in [0.1, 0.15) is 17.1 Å². The van der Waals surface area contributed by atoms with Gasteiger partial charge in [-0.2, -0.15) is 0 Å². The normalized spacial score (nSPS) is 25.8. The van der Waals surface area contributed by atoms with E-state index in [1.54, 1.807) is 30.3 Å². The van der Waals surface area contributed by atoms with Crippen LogP contribution < -0.4 is 5.32 Å². The van der Waals surface area contributed by atoms with Crippen LogP contribution in [0.15, 0.2) is 41.6 Å². The highest BCUT2D eigenvalue weighted by atomic mass is 79.9. The van der Waals surface area contributed by atoms with Crippen LogP contribution in [0, 0.1) is 0 Å². The molecule has 9 heteroatoms. The van der Waals surface area contributed by atoms with Crippen molar-refractivity contribution >= 4 is 61.4 Å². The van der Waals surface area contributed by atoms with Crippen molar-refractivity contribution in [2.45, 2.75) is 15.6 Å². The zero-order valence-electron chi connectivity index (χ0n) is 12.1. The third kappa shape index (κ3) is 2.89. The first-order chi connectivity index (χ1) is 11.5. The molecule has 126 valence electrons. The summed E-state index contributed by atoms with van der Waals surface area (Å²) < 4.78 is -0.242. The Balaban J connectivity index is 1.82. The smallest absolute Gasteiger partial charge is 0.352 e. The molecule has 1 aromatic rings. The predicted octanol–water partition coefficient (Wildman–Crippen LogP) is 2.15. The quantitative estimate of drug-likeness (QED) is 0.514. The molecule has 0 aliphatic carbocycles. The number of halogens is 2. The van der Waals surface area contributed by atoms with E-state index in [0.29, 0.717) is 16.5 Å². The van der Waals surface area contributed by atoms with Gasteiger partial charge >= 0.3 is 5.97 Å². The van der Waals surface area contributed by atoms with Crippen LogP contribution in [0.4, 0.5) is 0 Å². The van der Waals surface area contributed by atoms with Crippen LogP contribution in [-0.2, 0) is 9.59 Å². The number of hydrogen-bond donors (Lipinski definition) is 2. The Labute approximate surface area is 158 Å². The highest BCUT2D eigenvalue weighted by molar-refractivity contribution is 9.11. The highest BCUT2D eigenvalue weighted by Crippen LogP contribution is 2.46. The second kappa shape index (κ2) is 6.89. The Bertz CT molecular complexity index is 740. The summed E-state index contributed by atoms with van der Waals surface area (Å²) in [4.78, 5) is 37.5. The molecule has 2 aliphatic rings. The third-order valence-corrected chi connectivity index (χ3v) is 6.88. The largest absolute Gasteiger partial charge is 0.477 e. The number of nitrogens with one attached hydrogen (secondary N) is 1. The van der Waals surface area contributed by atoms with E-state index in [4.69, 9.17) is 0 Å². The zero-order chi connectivity index (χ0) is 17.4. The van der Waals surface area contributed by atoms with Gasteiger partial charge in [-0.1, -0.05) is 50.1 Å². The summed E-state index contributed by atoms with van der Waals surface area (Å²) in [7, 11) is 0. The van der Waals surface area contributed by atoms with Gasteiger partial charge < -0.3 is 10.4 Å². The minimum absolute atomic E-state index is 0.0206. The lowest BCUT2D eigenvalue weighted by Gasteiger charge is -2.50. The van der Waals surface area contributed by atoms with E-state index in [2.05, 4.69) is 37.2 Å². The Morgan fingerprint density at radius 3 is 2.54 bits per heavy atom. The zero-order valence-corrected chi connectivity index (χ0v) is 16.1. The van der Waals surface area contributed by atoms with Crippen LogP contribution in [0.3, 0.4) is 0 Å². The Morgan fingerprint density at radius 2 is 1.96 bits per heavy atom. The van der Waals surface area contributed by atoms with Gasteiger partial charge in [-0.05, 0) is 17.7 Å². The number of carboxylic acids is 1. The van der Waals surface area contributed by atoms with E-state index in [0.717, 1.165) is 0 Å². The third-order valence-electron chi connectivity index (χ3n) is 3.79. The van der Waals surface area contributed by atoms with E-state index in [9.17, 15) is 19.5 Å². The lowest BCUT2D eigenvalue weighted by atomic mass is 10.0. The molecular weight excluding hydrogens is 464 g/mol. The van der Waals surface area contributed by atoms with Gasteiger partial charge in [0.15, 0.2) is 0 Å². The first kappa shape index (κ1) is 17.5. The van der Waals surface area contributed by atoms with Crippen LogP contribution in [0.5, 0.6) is 0 Å². The van der Waals surface area contributed by atoms with Crippen LogP contribution in [0.25, 0.3) is 0 Å². The number of alkyl halides is 2. The summed E-state index contributed by atoms with van der Waals surface area (Å²) in [5.41, 5.74) is 1.02. The standard InChI is InChI=1S/C15H12Br2N2O4S/c16-6-8-10(15(22)23)19-13(21)9(14(19)24-11(8)17)18-12(20)7-4-2-1-3-5-7/h1-5,9,11,14H,6H2,(H,18,20)(H,22,23)/t9?,11?,14-/m0/s1. The number of β-lactam (4-membered cyclic amide) rings is 1. The fourth-order valence-corrected chi connectivity index (χ4v) is 6.18. The predicted molar refractivity (Wildman–Crippen MR) is 97.1 cm³/mol. The second-order valence-corrected chi connectivity index (χ2v) is 8.49. The molecule has 0 aromatic heterocycles.